The summed E-state index contributed by atoms with van der Waals surface area (Å²) in [4.78, 5) is 32.4. The predicted molar refractivity (Wildman–Crippen MR) is 154 cm³/mol. The number of ether oxygens (including phenoxy) is 3. The van der Waals surface area contributed by atoms with Crippen molar-refractivity contribution in [1.82, 2.24) is 14.6 Å². The third-order valence-corrected chi connectivity index (χ3v) is 8.21. The van der Waals surface area contributed by atoms with E-state index in [1.807, 2.05) is 26.0 Å². The summed E-state index contributed by atoms with van der Waals surface area (Å²) in [5.74, 6) is 0.938. The van der Waals surface area contributed by atoms with E-state index >= 15 is 0 Å². The van der Waals surface area contributed by atoms with Crippen molar-refractivity contribution in [1.29, 1.82) is 0 Å². The normalized spacial score (nSPS) is 14.7. The molecule has 4 rings (SSSR count). The maximum Gasteiger partial charge on any atom is 0.282 e. The number of nitrogens with zero attached hydrogens (tertiary/aromatic N) is 4. The molecule has 1 saturated heterocycles. The van der Waals surface area contributed by atoms with Gasteiger partial charge >= 0.3 is 0 Å². The summed E-state index contributed by atoms with van der Waals surface area (Å²) in [6.07, 6.45) is 2.29. The molecule has 202 valence electrons. The van der Waals surface area contributed by atoms with Crippen LogP contribution in [-0.2, 0) is 9.53 Å². The predicted octanol–water partition coefficient (Wildman–Crippen LogP) is 5.22. The molecule has 9 nitrogen and oxygen atoms in total. The fourth-order valence-corrected chi connectivity index (χ4v) is 4.94. The molecule has 1 aromatic heterocycles. The van der Waals surface area contributed by atoms with Gasteiger partial charge in [-0.3, -0.25) is 9.59 Å². The first-order valence-electron chi connectivity index (χ1n) is 12.1. The van der Waals surface area contributed by atoms with Gasteiger partial charge in [0.25, 0.3) is 11.5 Å². The minimum atomic E-state index is -0.279. The minimum Gasteiger partial charge on any atom is -0.493 e. The summed E-state index contributed by atoms with van der Waals surface area (Å²) in [6, 6.07) is 7.07. The van der Waals surface area contributed by atoms with Crippen molar-refractivity contribution in [2.75, 3.05) is 40.0 Å². The van der Waals surface area contributed by atoms with E-state index in [1.165, 1.54) is 18.0 Å². The van der Waals surface area contributed by atoms with E-state index in [1.54, 1.807) is 17.0 Å². The fraction of sp³-hybridized carbons (Fsp3) is 0.385. The molecule has 0 N–H and O–H groups in total. The lowest BCUT2D eigenvalue weighted by atomic mass is 10.1. The van der Waals surface area contributed by atoms with Crippen molar-refractivity contribution < 1.29 is 19.0 Å². The van der Waals surface area contributed by atoms with Crippen molar-refractivity contribution in [3.8, 4) is 11.5 Å². The van der Waals surface area contributed by atoms with Gasteiger partial charge in [-0.15, -0.1) is 0 Å². The van der Waals surface area contributed by atoms with Crippen LogP contribution in [0.2, 0.25) is 5.02 Å². The zero-order valence-electron chi connectivity index (χ0n) is 21.2. The van der Waals surface area contributed by atoms with Crippen molar-refractivity contribution in [2.24, 2.45) is 5.10 Å². The first-order valence-corrected chi connectivity index (χ1v) is 14.0. The Morgan fingerprint density at radius 2 is 2.03 bits per heavy atom. The van der Waals surface area contributed by atoms with Gasteiger partial charge in [-0.25, -0.2) is 4.98 Å². The zero-order valence-corrected chi connectivity index (χ0v) is 25.1. The molecule has 0 spiro atoms. The molecule has 12 heteroatoms. The first kappa shape index (κ1) is 28.5. The fourth-order valence-electron chi connectivity index (χ4n) is 3.92. The van der Waals surface area contributed by atoms with Gasteiger partial charge < -0.3 is 19.1 Å². The van der Waals surface area contributed by atoms with Crippen LogP contribution in [0, 0.1) is 0 Å². The molecule has 1 amide bonds. The van der Waals surface area contributed by atoms with Crippen LogP contribution >= 0.6 is 43.5 Å². The van der Waals surface area contributed by atoms with Crippen molar-refractivity contribution in [2.45, 2.75) is 26.2 Å². The lowest BCUT2D eigenvalue weighted by Crippen LogP contribution is -2.43. The standard InChI is InChI=1S/C26H27Br2ClN4O5/c1-4-15(2)25-31-19-6-5-17(27)12-18(19)26(35)33(25)30-13-16-11-20(36-3)24(23(29)22(16)28)38-14-21(34)32-7-9-37-10-8-32/h5-6,11-13,15H,4,7-10,14H2,1-3H3/t15-/m1/s1. The van der Waals surface area contributed by atoms with Gasteiger partial charge in [-0.05, 0) is 46.6 Å². The maximum absolute atomic E-state index is 13.4. The highest BCUT2D eigenvalue weighted by atomic mass is 79.9. The molecule has 0 saturated carbocycles. The van der Waals surface area contributed by atoms with E-state index < -0.39 is 0 Å². The van der Waals surface area contributed by atoms with Crippen LogP contribution < -0.4 is 15.0 Å². The Bertz CT molecular complexity index is 1440. The molecule has 1 aliphatic rings. The average molecular weight is 671 g/mol. The van der Waals surface area contributed by atoms with Gasteiger partial charge in [0.15, 0.2) is 18.1 Å². The van der Waals surface area contributed by atoms with Crippen LogP contribution in [0.4, 0.5) is 0 Å². The number of hydrogen-bond donors (Lipinski definition) is 0. The highest BCUT2D eigenvalue weighted by molar-refractivity contribution is 9.10. The quantitative estimate of drug-likeness (QED) is 0.306. The van der Waals surface area contributed by atoms with E-state index in [4.69, 9.17) is 30.8 Å². The van der Waals surface area contributed by atoms with Crippen molar-refractivity contribution in [3.05, 3.63) is 60.0 Å². The van der Waals surface area contributed by atoms with Gasteiger partial charge in [0.05, 0.1) is 37.4 Å². The van der Waals surface area contributed by atoms with E-state index in [0.717, 1.165) is 10.9 Å². The Morgan fingerprint density at radius 3 is 2.71 bits per heavy atom. The van der Waals surface area contributed by atoms with E-state index in [-0.39, 0.29) is 34.8 Å². The number of halogens is 3. The number of hydrogen-bond acceptors (Lipinski definition) is 7. The molecule has 0 aliphatic carbocycles. The molecule has 1 fully saturated rings. The molecular weight excluding hydrogens is 644 g/mol. The molecule has 0 unspecified atom stereocenters. The number of carbonyl (C=O) groups is 1. The highest BCUT2D eigenvalue weighted by Gasteiger charge is 2.22. The second kappa shape index (κ2) is 12.6. The molecule has 0 bridgehead atoms. The highest BCUT2D eigenvalue weighted by Crippen LogP contribution is 2.42. The number of methoxy groups -OCH3 is 1. The van der Waals surface area contributed by atoms with Crippen LogP contribution in [0.5, 0.6) is 11.5 Å². The molecule has 1 atom stereocenters. The Balaban J connectivity index is 1.68. The number of aromatic nitrogens is 2. The number of benzene rings is 2. The second-order valence-electron chi connectivity index (χ2n) is 8.71. The molecule has 0 radical (unpaired) electrons. The average Bonchev–Trinajstić information content (AvgIpc) is 2.93. The summed E-state index contributed by atoms with van der Waals surface area (Å²) < 4.78 is 19.2. The Labute approximate surface area is 242 Å². The lowest BCUT2D eigenvalue weighted by Gasteiger charge is -2.27. The SMILES string of the molecule is CC[C@@H](C)c1nc2ccc(Br)cc2c(=O)n1N=Cc1cc(OC)c(OCC(=O)N2CCOCC2)c(Cl)c1Br. The van der Waals surface area contributed by atoms with Crippen LogP contribution in [0.3, 0.4) is 0 Å². The Hall–Kier alpha value is -2.47. The van der Waals surface area contributed by atoms with Crippen LogP contribution in [0.15, 0.2) is 43.1 Å². The molecule has 3 aromatic rings. The zero-order chi connectivity index (χ0) is 27.4. The smallest absolute Gasteiger partial charge is 0.282 e. The number of rotatable bonds is 8. The monoisotopic (exact) mass is 668 g/mol. The van der Waals surface area contributed by atoms with Crippen LogP contribution in [0.25, 0.3) is 10.9 Å². The lowest BCUT2D eigenvalue weighted by molar-refractivity contribution is -0.137. The second-order valence-corrected chi connectivity index (χ2v) is 10.8. The van der Waals surface area contributed by atoms with E-state index in [9.17, 15) is 9.59 Å². The molecule has 2 aromatic carbocycles. The summed E-state index contributed by atoms with van der Waals surface area (Å²) in [5.41, 5.74) is 0.882. The third kappa shape index (κ3) is 6.06. The molecule has 2 heterocycles. The topological polar surface area (TPSA) is 95.2 Å². The van der Waals surface area contributed by atoms with Gasteiger partial charge in [0.2, 0.25) is 0 Å². The van der Waals surface area contributed by atoms with Gasteiger partial charge in [0.1, 0.15) is 10.8 Å². The summed E-state index contributed by atoms with van der Waals surface area (Å²) in [6.45, 7) is 5.87. The van der Waals surface area contributed by atoms with Crippen LogP contribution in [-0.4, -0.2) is 66.7 Å². The molecule has 38 heavy (non-hydrogen) atoms. The first-order chi connectivity index (χ1) is 18.2. The maximum atomic E-state index is 13.4. The van der Waals surface area contributed by atoms with Crippen molar-refractivity contribution >= 4 is 66.5 Å². The number of carbonyl (C=O) groups excluding carboxylic acids is 1. The Morgan fingerprint density at radius 1 is 1.29 bits per heavy atom. The van der Waals surface area contributed by atoms with E-state index in [0.29, 0.717) is 58.8 Å². The minimum absolute atomic E-state index is 0.00533. The van der Waals surface area contributed by atoms with Crippen molar-refractivity contribution in [3.63, 3.8) is 0 Å². The van der Waals surface area contributed by atoms with Gasteiger partial charge in [0, 0.05) is 33.5 Å². The number of morpholine rings is 1. The van der Waals surface area contributed by atoms with Gasteiger partial charge in [-0.2, -0.15) is 9.78 Å². The third-order valence-electron chi connectivity index (χ3n) is 6.28. The number of amides is 1. The summed E-state index contributed by atoms with van der Waals surface area (Å²) in [7, 11) is 1.48. The molecule has 1 aliphatic heterocycles. The largest absolute Gasteiger partial charge is 0.493 e. The summed E-state index contributed by atoms with van der Waals surface area (Å²) in [5, 5.41) is 5.18. The Kier molecular flexibility index (Phi) is 9.45. The van der Waals surface area contributed by atoms with E-state index in [2.05, 4.69) is 37.0 Å². The van der Waals surface area contributed by atoms with Gasteiger partial charge in [-0.1, -0.05) is 41.4 Å². The number of fused-ring (bicyclic) bond motifs is 1. The van der Waals surface area contributed by atoms with Crippen LogP contribution in [0.1, 0.15) is 37.6 Å². The summed E-state index contributed by atoms with van der Waals surface area (Å²) >= 11 is 13.5. The molecular formula is C26H27Br2ClN4O5.